The van der Waals surface area contributed by atoms with E-state index in [4.69, 9.17) is 4.52 Å². The molecule has 0 bridgehead atoms. The molecule has 2 aromatic rings. The fourth-order valence-electron chi connectivity index (χ4n) is 3.21. The van der Waals surface area contributed by atoms with E-state index in [0.29, 0.717) is 36.2 Å². The van der Waals surface area contributed by atoms with Gasteiger partial charge in [0.05, 0.1) is 11.4 Å². The quantitative estimate of drug-likeness (QED) is 0.737. The lowest BCUT2D eigenvalue weighted by molar-refractivity contribution is 0.370. The molecule has 1 aromatic carbocycles. The lowest BCUT2D eigenvalue weighted by Crippen LogP contribution is -2.30. The van der Waals surface area contributed by atoms with Gasteiger partial charge in [0.25, 0.3) is 0 Å². The Morgan fingerprint density at radius 2 is 2.00 bits per heavy atom. The molecule has 2 heterocycles. The first-order valence-corrected chi connectivity index (χ1v) is 10.5. The molecular weight excluding hydrogens is 352 g/mol. The Labute approximate surface area is 155 Å². The first-order valence-electron chi connectivity index (χ1n) is 9.07. The van der Waals surface area contributed by atoms with Crippen LogP contribution in [0.25, 0.3) is 0 Å². The van der Waals surface area contributed by atoms with E-state index in [1.54, 1.807) is 12.1 Å². The third kappa shape index (κ3) is 3.48. The Bertz CT molecular complexity index is 872. The molecule has 0 saturated carbocycles. The fourth-order valence-corrected chi connectivity index (χ4v) is 4.72. The van der Waals surface area contributed by atoms with Crippen LogP contribution in [0.15, 0.2) is 27.6 Å². The molecule has 7 nitrogen and oxygen atoms in total. The number of benzene rings is 1. The molecule has 0 unspecified atom stereocenters. The molecule has 8 heteroatoms. The summed E-state index contributed by atoms with van der Waals surface area (Å²) in [5.41, 5.74) is 2.08. The second-order valence-electron chi connectivity index (χ2n) is 6.75. The van der Waals surface area contributed by atoms with E-state index in [-0.39, 0.29) is 5.92 Å². The molecule has 0 aliphatic carbocycles. The van der Waals surface area contributed by atoms with Gasteiger partial charge in [-0.1, -0.05) is 32.9 Å². The van der Waals surface area contributed by atoms with Gasteiger partial charge in [-0.05, 0) is 30.2 Å². The molecule has 3 rings (SSSR count). The van der Waals surface area contributed by atoms with Crippen molar-refractivity contribution in [1.82, 2.24) is 14.4 Å². The molecule has 0 fully saturated rings. The van der Waals surface area contributed by atoms with Crippen LogP contribution in [-0.4, -0.2) is 42.5 Å². The number of anilines is 1. The van der Waals surface area contributed by atoms with Crippen LogP contribution >= 0.6 is 0 Å². The van der Waals surface area contributed by atoms with Gasteiger partial charge in [-0.2, -0.15) is 9.29 Å². The lowest BCUT2D eigenvalue weighted by atomic mass is 10.2. The maximum Gasteiger partial charge on any atom is 0.246 e. The Morgan fingerprint density at radius 1 is 1.27 bits per heavy atom. The molecule has 0 radical (unpaired) electrons. The van der Waals surface area contributed by atoms with Gasteiger partial charge in [-0.15, -0.1) is 0 Å². The first-order chi connectivity index (χ1) is 12.4. The zero-order valence-electron chi connectivity index (χ0n) is 15.8. The zero-order valence-corrected chi connectivity index (χ0v) is 16.6. The van der Waals surface area contributed by atoms with Crippen LogP contribution < -0.4 is 4.90 Å². The van der Waals surface area contributed by atoms with Crippen molar-refractivity contribution in [1.29, 1.82) is 0 Å². The van der Waals surface area contributed by atoms with Crippen molar-refractivity contribution in [2.45, 2.75) is 51.5 Å². The SMILES string of the molecule is CCN(CC)S(=O)(=O)c1ccc2c(c1)CCN2Cc1nc(C(C)C)no1. The molecule has 1 aliphatic rings. The number of fused-ring (bicyclic) bond motifs is 1. The maximum atomic E-state index is 12.7. The second kappa shape index (κ2) is 7.36. The summed E-state index contributed by atoms with van der Waals surface area (Å²) in [4.78, 5) is 6.94. The topological polar surface area (TPSA) is 79.5 Å². The van der Waals surface area contributed by atoms with Gasteiger partial charge in [-0.25, -0.2) is 8.42 Å². The van der Waals surface area contributed by atoms with Crippen molar-refractivity contribution >= 4 is 15.7 Å². The third-order valence-electron chi connectivity index (χ3n) is 4.71. The van der Waals surface area contributed by atoms with E-state index in [9.17, 15) is 8.42 Å². The molecular formula is C18H26N4O3S. The van der Waals surface area contributed by atoms with Crippen molar-refractivity contribution in [2.24, 2.45) is 0 Å². The Hall–Kier alpha value is -1.93. The highest BCUT2D eigenvalue weighted by Crippen LogP contribution is 2.32. The Morgan fingerprint density at radius 3 is 2.62 bits per heavy atom. The molecule has 26 heavy (non-hydrogen) atoms. The van der Waals surface area contributed by atoms with Crippen LogP contribution in [0.5, 0.6) is 0 Å². The van der Waals surface area contributed by atoms with Crippen molar-refractivity contribution in [3.8, 4) is 0 Å². The summed E-state index contributed by atoms with van der Waals surface area (Å²) < 4.78 is 32.2. The number of hydrogen-bond donors (Lipinski definition) is 0. The fraction of sp³-hybridized carbons (Fsp3) is 0.556. The van der Waals surface area contributed by atoms with Crippen LogP contribution in [0.2, 0.25) is 0 Å². The van der Waals surface area contributed by atoms with Crippen molar-refractivity contribution < 1.29 is 12.9 Å². The van der Waals surface area contributed by atoms with Gasteiger partial charge in [0, 0.05) is 31.2 Å². The summed E-state index contributed by atoms with van der Waals surface area (Å²) >= 11 is 0. The minimum absolute atomic E-state index is 0.228. The number of sulfonamides is 1. The monoisotopic (exact) mass is 378 g/mol. The van der Waals surface area contributed by atoms with Gasteiger partial charge in [0.15, 0.2) is 5.82 Å². The van der Waals surface area contributed by atoms with E-state index >= 15 is 0 Å². The summed E-state index contributed by atoms with van der Waals surface area (Å²) in [5, 5.41) is 4.00. The highest BCUT2D eigenvalue weighted by molar-refractivity contribution is 7.89. The average Bonchev–Trinajstić information content (AvgIpc) is 3.23. The largest absolute Gasteiger partial charge is 0.362 e. The Kier molecular flexibility index (Phi) is 5.34. The van der Waals surface area contributed by atoms with Crippen molar-refractivity contribution in [3.05, 3.63) is 35.5 Å². The number of rotatable bonds is 7. The summed E-state index contributed by atoms with van der Waals surface area (Å²) in [7, 11) is -3.43. The predicted molar refractivity (Wildman–Crippen MR) is 99.7 cm³/mol. The maximum absolute atomic E-state index is 12.7. The second-order valence-corrected chi connectivity index (χ2v) is 8.69. The summed E-state index contributed by atoms with van der Waals surface area (Å²) in [6.45, 7) is 10.0. The summed E-state index contributed by atoms with van der Waals surface area (Å²) in [6, 6.07) is 5.38. The van der Waals surface area contributed by atoms with E-state index < -0.39 is 10.0 Å². The first kappa shape index (κ1) is 18.8. The smallest absolute Gasteiger partial charge is 0.246 e. The van der Waals surface area contributed by atoms with E-state index in [2.05, 4.69) is 15.0 Å². The van der Waals surface area contributed by atoms with Crippen LogP contribution in [0, 0.1) is 0 Å². The summed E-state index contributed by atoms with van der Waals surface area (Å²) in [6.07, 6.45) is 0.808. The molecule has 1 aromatic heterocycles. The van der Waals surface area contributed by atoms with Gasteiger partial charge in [-0.3, -0.25) is 0 Å². The minimum Gasteiger partial charge on any atom is -0.362 e. The normalized spacial score (nSPS) is 14.5. The van der Waals surface area contributed by atoms with Gasteiger partial charge in [0.1, 0.15) is 0 Å². The van der Waals surface area contributed by atoms with Crippen molar-refractivity contribution in [3.63, 3.8) is 0 Å². The highest BCUT2D eigenvalue weighted by Gasteiger charge is 2.26. The van der Waals surface area contributed by atoms with Gasteiger partial charge in [0.2, 0.25) is 15.9 Å². The lowest BCUT2D eigenvalue weighted by Gasteiger charge is -2.20. The number of hydrogen-bond acceptors (Lipinski definition) is 6. The van der Waals surface area contributed by atoms with Gasteiger partial charge >= 0.3 is 0 Å². The molecule has 0 spiro atoms. The molecule has 0 saturated heterocycles. The molecule has 0 N–H and O–H groups in total. The van der Waals surface area contributed by atoms with Crippen LogP contribution in [0.1, 0.15) is 50.9 Å². The number of aromatic nitrogens is 2. The van der Waals surface area contributed by atoms with Crippen molar-refractivity contribution in [2.75, 3.05) is 24.5 Å². The predicted octanol–water partition coefficient (Wildman–Crippen LogP) is 2.79. The molecule has 0 amide bonds. The van der Waals surface area contributed by atoms with Gasteiger partial charge < -0.3 is 9.42 Å². The van der Waals surface area contributed by atoms with E-state index in [1.165, 1.54) is 4.31 Å². The van der Waals surface area contributed by atoms with E-state index in [1.807, 2.05) is 33.8 Å². The zero-order chi connectivity index (χ0) is 18.9. The van der Waals surface area contributed by atoms with Crippen LogP contribution in [0.4, 0.5) is 5.69 Å². The number of nitrogens with zero attached hydrogens (tertiary/aromatic N) is 4. The van der Waals surface area contributed by atoms with Crippen LogP contribution in [-0.2, 0) is 23.0 Å². The Balaban J connectivity index is 1.82. The highest BCUT2D eigenvalue weighted by atomic mass is 32.2. The minimum atomic E-state index is -3.43. The average molecular weight is 378 g/mol. The molecule has 1 aliphatic heterocycles. The van der Waals surface area contributed by atoms with E-state index in [0.717, 1.165) is 24.2 Å². The standard InChI is InChI=1S/C18H26N4O3S/c1-5-22(6-2)26(23,24)15-7-8-16-14(11-15)9-10-21(16)12-17-19-18(13(3)4)20-25-17/h7-8,11,13H,5-6,9-10,12H2,1-4H3. The third-order valence-corrected chi connectivity index (χ3v) is 6.76. The molecule has 0 atom stereocenters. The summed E-state index contributed by atoms with van der Waals surface area (Å²) in [5.74, 6) is 1.52. The molecule has 142 valence electrons. The van der Waals surface area contributed by atoms with Crippen LogP contribution in [0.3, 0.4) is 0 Å².